The molecule has 0 saturated carbocycles. The predicted molar refractivity (Wildman–Crippen MR) is 123 cm³/mol. The zero-order valence-electron chi connectivity index (χ0n) is 19.2. The molecule has 32 heavy (non-hydrogen) atoms. The number of halogens is 1. The molecular weight excluding hydrogens is 409 g/mol. The van der Waals surface area contributed by atoms with Gasteiger partial charge < -0.3 is 4.90 Å². The van der Waals surface area contributed by atoms with Gasteiger partial charge in [-0.15, -0.1) is 0 Å². The smallest absolute Gasteiger partial charge is 0.269 e. The monoisotopic (exact) mass is 441 g/mol. The third-order valence-corrected chi connectivity index (χ3v) is 6.20. The predicted octanol–water partition coefficient (Wildman–Crippen LogP) is 4.84. The third kappa shape index (κ3) is 5.71. The number of rotatable bonds is 8. The highest BCUT2D eigenvalue weighted by Crippen LogP contribution is 2.35. The van der Waals surface area contributed by atoms with E-state index in [1.165, 1.54) is 24.3 Å². The fourth-order valence-electron chi connectivity index (χ4n) is 4.48. The summed E-state index contributed by atoms with van der Waals surface area (Å²) < 4.78 is 13.5. The van der Waals surface area contributed by atoms with Crippen LogP contribution in [0, 0.1) is 27.8 Å². The van der Waals surface area contributed by atoms with Crippen molar-refractivity contribution in [2.24, 2.45) is 11.8 Å². The summed E-state index contributed by atoms with van der Waals surface area (Å²) in [4.78, 5) is 27.6. The van der Waals surface area contributed by atoms with Gasteiger partial charge in [0.2, 0.25) is 5.91 Å². The number of benzene rings is 2. The van der Waals surface area contributed by atoms with Crippen molar-refractivity contribution in [1.29, 1.82) is 0 Å². The first-order valence-electron chi connectivity index (χ1n) is 11.2. The molecule has 0 spiro atoms. The van der Waals surface area contributed by atoms with Gasteiger partial charge in [0.15, 0.2) is 0 Å². The number of non-ortho nitro benzene ring substituents is 1. The number of amides is 1. The molecule has 1 amide bonds. The van der Waals surface area contributed by atoms with Gasteiger partial charge in [0.05, 0.1) is 4.92 Å². The molecule has 0 bridgehead atoms. The Morgan fingerprint density at radius 3 is 2.25 bits per heavy atom. The second kappa shape index (κ2) is 10.2. The molecule has 1 saturated heterocycles. The minimum atomic E-state index is -0.396. The fraction of sp³-hybridized carbons (Fsp3) is 0.480. The van der Waals surface area contributed by atoms with Gasteiger partial charge in [0, 0.05) is 56.2 Å². The molecule has 1 aliphatic heterocycles. The van der Waals surface area contributed by atoms with E-state index in [2.05, 4.69) is 4.90 Å². The maximum Gasteiger partial charge on any atom is 0.269 e. The van der Waals surface area contributed by atoms with Crippen LogP contribution < -0.4 is 0 Å². The molecule has 7 heteroatoms. The first kappa shape index (κ1) is 23.9. The summed E-state index contributed by atoms with van der Waals surface area (Å²) in [5.74, 6) is 0.203. The fourth-order valence-corrected chi connectivity index (χ4v) is 4.48. The van der Waals surface area contributed by atoms with Crippen molar-refractivity contribution >= 4 is 11.6 Å². The highest BCUT2D eigenvalue weighted by atomic mass is 19.1. The molecule has 0 aromatic heterocycles. The van der Waals surface area contributed by atoms with Crippen LogP contribution in [0.15, 0.2) is 48.5 Å². The van der Waals surface area contributed by atoms with E-state index in [0.29, 0.717) is 13.1 Å². The Balaban J connectivity index is 1.81. The number of nitro groups is 1. The van der Waals surface area contributed by atoms with Crippen LogP contribution in [0.25, 0.3) is 0 Å². The summed E-state index contributed by atoms with van der Waals surface area (Å²) in [6, 6.07) is 13.4. The lowest BCUT2D eigenvalue weighted by atomic mass is 9.88. The molecule has 3 rings (SSSR count). The first-order valence-corrected chi connectivity index (χ1v) is 11.2. The average molecular weight is 442 g/mol. The normalized spacial score (nSPS) is 19.0. The van der Waals surface area contributed by atoms with Gasteiger partial charge in [-0.1, -0.05) is 38.1 Å². The van der Waals surface area contributed by atoms with E-state index < -0.39 is 4.92 Å². The zero-order chi connectivity index (χ0) is 23.4. The van der Waals surface area contributed by atoms with Crippen LogP contribution in [0.4, 0.5) is 10.1 Å². The van der Waals surface area contributed by atoms with Crippen molar-refractivity contribution in [3.63, 3.8) is 0 Å². The van der Waals surface area contributed by atoms with Crippen LogP contribution in [0.2, 0.25) is 0 Å². The molecule has 1 fully saturated rings. The van der Waals surface area contributed by atoms with Crippen molar-refractivity contribution in [2.75, 3.05) is 19.6 Å². The number of carbonyl (C=O) groups is 1. The summed E-state index contributed by atoms with van der Waals surface area (Å²) in [6.45, 7) is 10.8. The number of nitro benzene ring substituents is 1. The first-order chi connectivity index (χ1) is 15.2. The van der Waals surface area contributed by atoms with Gasteiger partial charge in [-0.05, 0) is 43.0 Å². The number of likely N-dealkylation sites (tertiary alicyclic amines) is 1. The Bertz CT molecular complexity index is 928. The second-order valence-electron chi connectivity index (χ2n) is 9.27. The highest BCUT2D eigenvalue weighted by Gasteiger charge is 2.36. The van der Waals surface area contributed by atoms with E-state index in [1.807, 2.05) is 44.7 Å². The number of hydrogen-bond acceptors (Lipinski definition) is 4. The molecule has 1 aliphatic rings. The van der Waals surface area contributed by atoms with Crippen molar-refractivity contribution in [3.05, 3.63) is 75.6 Å². The van der Waals surface area contributed by atoms with Crippen molar-refractivity contribution in [3.8, 4) is 0 Å². The summed E-state index contributed by atoms with van der Waals surface area (Å²) >= 11 is 0. The average Bonchev–Trinajstić information content (AvgIpc) is 3.14. The van der Waals surface area contributed by atoms with E-state index in [9.17, 15) is 19.3 Å². The van der Waals surface area contributed by atoms with Crippen LogP contribution in [0.5, 0.6) is 0 Å². The van der Waals surface area contributed by atoms with Gasteiger partial charge >= 0.3 is 0 Å². The van der Waals surface area contributed by atoms with Crippen molar-refractivity contribution < 1.29 is 14.1 Å². The lowest BCUT2D eigenvalue weighted by Crippen LogP contribution is -2.43. The molecule has 172 valence electrons. The zero-order valence-corrected chi connectivity index (χ0v) is 19.2. The Morgan fingerprint density at radius 1 is 1.09 bits per heavy atom. The summed E-state index contributed by atoms with van der Waals surface area (Å²) in [5, 5.41) is 10.9. The number of hydrogen-bond donors (Lipinski definition) is 0. The molecule has 0 aliphatic carbocycles. The molecule has 0 unspecified atom stereocenters. The maximum atomic E-state index is 13.5. The van der Waals surface area contributed by atoms with E-state index in [-0.39, 0.29) is 41.2 Å². The Hall–Kier alpha value is -2.80. The van der Waals surface area contributed by atoms with E-state index >= 15 is 0 Å². The van der Waals surface area contributed by atoms with Gasteiger partial charge in [0.25, 0.3) is 5.69 Å². The van der Waals surface area contributed by atoms with Crippen molar-refractivity contribution in [2.45, 2.75) is 46.2 Å². The van der Waals surface area contributed by atoms with Crippen LogP contribution >= 0.6 is 0 Å². The molecule has 0 N–H and O–H groups in total. The lowest BCUT2D eigenvalue weighted by molar-refractivity contribution is -0.384. The highest BCUT2D eigenvalue weighted by molar-refractivity contribution is 5.78. The lowest BCUT2D eigenvalue weighted by Gasteiger charge is -2.33. The molecule has 6 nitrogen and oxygen atoms in total. The minimum Gasteiger partial charge on any atom is -0.340 e. The standard InChI is InChI=1S/C25H32FN3O3/c1-17(2)25(30)28(18(3)4)15-21-14-27(13-19-5-11-23(12-6-19)29(31)32)16-24(21)20-7-9-22(26)10-8-20/h5-12,17-18,21,24H,13-16H2,1-4H3/t21-,24-/m0/s1. The summed E-state index contributed by atoms with van der Waals surface area (Å²) in [6.07, 6.45) is 0. The number of nitrogens with zero attached hydrogens (tertiary/aromatic N) is 3. The van der Waals surface area contributed by atoms with Crippen LogP contribution in [-0.2, 0) is 11.3 Å². The second-order valence-corrected chi connectivity index (χ2v) is 9.27. The largest absolute Gasteiger partial charge is 0.340 e. The third-order valence-electron chi connectivity index (χ3n) is 6.20. The molecule has 2 aromatic carbocycles. The van der Waals surface area contributed by atoms with E-state index in [4.69, 9.17) is 0 Å². The van der Waals surface area contributed by atoms with Gasteiger partial charge in [-0.2, -0.15) is 0 Å². The van der Waals surface area contributed by atoms with Gasteiger partial charge in [-0.3, -0.25) is 19.8 Å². The van der Waals surface area contributed by atoms with Gasteiger partial charge in [0.1, 0.15) is 5.82 Å². The maximum absolute atomic E-state index is 13.5. The number of carbonyl (C=O) groups excluding carboxylic acids is 1. The molecular formula is C25H32FN3O3. The Morgan fingerprint density at radius 2 is 1.72 bits per heavy atom. The van der Waals surface area contributed by atoms with Crippen LogP contribution in [0.1, 0.15) is 44.7 Å². The van der Waals surface area contributed by atoms with E-state index in [0.717, 1.165) is 24.2 Å². The quantitative estimate of drug-likeness (QED) is 0.434. The SMILES string of the molecule is CC(C)C(=O)N(C[C@@H]1CN(Cc2ccc([N+](=O)[O-])cc2)C[C@H]1c1ccc(F)cc1)C(C)C. The minimum absolute atomic E-state index is 0.0701. The molecule has 0 radical (unpaired) electrons. The Kier molecular flexibility index (Phi) is 7.61. The summed E-state index contributed by atoms with van der Waals surface area (Å²) in [7, 11) is 0. The van der Waals surface area contributed by atoms with Crippen LogP contribution in [0.3, 0.4) is 0 Å². The molecule has 1 heterocycles. The van der Waals surface area contributed by atoms with Gasteiger partial charge in [-0.25, -0.2) is 4.39 Å². The molecule has 2 atom stereocenters. The summed E-state index contributed by atoms with van der Waals surface area (Å²) in [5.41, 5.74) is 2.16. The van der Waals surface area contributed by atoms with E-state index in [1.54, 1.807) is 12.1 Å². The van der Waals surface area contributed by atoms with Crippen LogP contribution in [-0.4, -0.2) is 46.3 Å². The molecule has 2 aromatic rings. The Labute approximate surface area is 189 Å². The topological polar surface area (TPSA) is 66.7 Å². The van der Waals surface area contributed by atoms with Crippen molar-refractivity contribution in [1.82, 2.24) is 9.80 Å².